The minimum absolute atomic E-state index is 0.256. The predicted molar refractivity (Wildman–Crippen MR) is 79.4 cm³/mol. The van der Waals surface area contributed by atoms with Gasteiger partial charge in [0.15, 0.2) is 5.82 Å². The first kappa shape index (κ1) is 13.7. The fourth-order valence-electron chi connectivity index (χ4n) is 2.03. The standard InChI is InChI=1S/C15H12ClFN4/c1-9-5-10(3-4-12(9)17)15-19-13(6-14(16)20-15)11-7-18-21(2)8-11/h3-8H,1-2H3. The third kappa shape index (κ3) is 2.78. The van der Waals surface area contributed by atoms with Gasteiger partial charge in [0.1, 0.15) is 11.0 Å². The second-order valence-corrected chi connectivity index (χ2v) is 5.15. The third-order valence-corrected chi connectivity index (χ3v) is 3.31. The molecule has 3 aromatic rings. The molecule has 0 saturated heterocycles. The maximum Gasteiger partial charge on any atom is 0.161 e. The van der Waals surface area contributed by atoms with Crippen LogP contribution in [0.25, 0.3) is 22.6 Å². The van der Waals surface area contributed by atoms with Gasteiger partial charge in [-0.3, -0.25) is 4.68 Å². The van der Waals surface area contributed by atoms with Gasteiger partial charge in [-0.05, 0) is 30.7 Å². The lowest BCUT2D eigenvalue weighted by molar-refractivity contribution is 0.618. The van der Waals surface area contributed by atoms with E-state index in [-0.39, 0.29) is 5.82 Å². The van der Waals surface area contributed by atoms with Crippen molar-refractivity contribution in [2.24, 2.45) is 7.05 Å². The summed E-state index contributed by atoms with van der Waals surface area (Å²) in [5.41, 5.74) is 2.79. The van der Waals surface area contributed by atoms with Gasteiger partial charge in [-0.2, -0.15) is 5.10 Å². The summed E-state index contributed by atoms with van der Waals surface area (Å²) in [6.07, 6.45) is 3.55. The van der Waals surface area contributed by atoms with Crippen LogP contribution >= 0.6 is 11.6 Å². The molecule has 2 heterocycles. The van der Waals surface area contributed by atoms with Crippen LogP contribution in [-0.2, 0) is 7.05 Å². The molecule has 0 bridgehead atoms. The van der Waals surface area contributed by atoms with Gasteiger partial charge in [-0.25, -0.2) is 14.4 Å². The molecular weight excluding hydrogens is 291 g/mol. The second-order valence-electron chi connectivity index (χ2n) is 4.77. The Morgan fingerprint density at radius 2 is 1.95 bits per heavy atom. The van der Waals surface area contributed by atoms with Gasteiger partial charge in [0.25, 0.3) is 0 Å². The van der Waals surface area contributed by atoms with Crippen LogP contribution in [0.5, 0.6) is 0 Å². The molecule has 0 radical (unpaired) electrons. The zero-order valence-electron chi connectivity index (χ0n) is 11.5. The molecule has 0 amide bonds. The largest absolute Gasteiger partial charge is 0.275 e. The normalized spacial score (nSPS) is 10.9. The molecule has 3 rings (SSSR count). The summed E-state index contributed by atoms with van der Waals surface area (Å²) in [7, 11) is 1.83. The van der Waals surface area contributed by atoms with Crippen LogP contribution in [0.1, 0.15) is 5.56 Å². The Morgan fingerprint density at radius 3 is 2.62 bits per heavy atom. The van der Waals surface area contributed by atoms with Crippen molar-refractivity contribution in [1.82, 2.24) is 19.7 Å². The highest BCUT2D eigenvalue weighted by atomic mass is 35.5. The SMILES string of the molecule is Cc1cc(-c2nc(Cl)cc(-c3cnn(C)c3)n2)ccc1F. The van der Waals surface area contributed by atoms with E-state index in [1.54, 1.807) is 36.0 Å². The Kier molecular flexibility index (Phi) is 3.43. The van der Waals surface area contributed by atoms with Gasteiger partial charge in [0.05, 0.1) is 11.9 Å². The number of aromatic nitrogens is 4. The number of benzene rings is 1. The Bertz CT molecular complexity index is 813. The first-order valence-corrected chi connectivity index (χ1v) is 6.71. The summed E-state index contributed by atoms with van der Waals surface area (Å²) in [5.74, 6) is 0.206. The van der Waals surface area contributed by atoms with Crippen molar-refractivity contribution >= 4 is 11.6 Å². The van der Waals surface area contributed by atoms with E-state index in [4.69, 9.17) is 11.6 Å². The molecular formula is C15H12ClFN4. The van der Waals surface area contributed by atoms with E-state index in [0.29, 0.717) is 22.2 Å². The lowest BCUT2D eigenvalue weighted by atomic mass is 10.1. The Balaban J connectivity index is 2.11. The number of hydrogen-bond acceptors (Lipinski definition) is 3. The van der Waals surface area contributed by atoms with Crippen LogP contribution in [0, 0.1) is 12.7 Å². The molecule has 0 saturated carbocycles. The van der Waals surface area contributed by atoms with E-state index in [2.05, 4.69) is 15.1 Å². The summed E-state index contributed by atoms with van der Waals surface area (Å²) < 4.78 is 15.1. The molecule has 0 atom stereocenters. The minimum atomic E-state index is -0.256. The van der Waals surface area contributed by atoms with Crippen LogP contribution < -0.4 is 0 Å². The number of aryl methyl sites for hydroxylation is 2. The van der Waals surface area contributed by atoms with Crippen molar-refractivity contribution in [1.29, 1.82) is 0 Å². The zero-order chi connectivity index (χ0) is 15.0. The molecule has 1 aromatic carbocycles. The highest BCUT2D eigenvalue weighted by Crippen LogP contribution is 2.25. The predicted octanol–water partition coefficient (Wildman–Crippen LogP) is 3.65. The lowest BCUT2D eigenvalue weighted by Crippen LogP contribution is -1.94. The van der Waals surface area contributed by atoms with Crippen molar-refractivity contribution in [3.05, 3.63) is 53.2 Å². The second kappa shape index (κ2) is 5.26. The third-order valence-electron chi connectivity index (χ3n) is 3.11. The molecule has 0 unspecified atom stereocenters. The molecule has 106 valence electrons. The molecule has 0 spiro atoms. The highest BCUT2D eigenvalue weighted by molar-refractivity contribution is 6.29. The summed E-state index contributed by atoms with van der Waals surface area (Å²) in [6, 6.07) is 6.42. The molecule has 21 heavy (non-hydrogen) atoms. The molecule has 0 aliphatic heterocycles. The maximum atomic E-state index is 13.4. The molecule has 4 nitrogen and oxygen atoms in total. The number of rotatable bonds is 2. The monoisotopic (exact) mass is 302 g/mol. The number of hydrogen-bond donors (Lipinski definition) is 0. The molecule has 0 fully saturated rings. The molecule has 2 aromatic heterocycles. The Morgan fingerprint density at radius 1 is 1.14 bits per heavy atom. The van der Waals surface area contributed by atoms with E-state index in [9.17, 15) is 4.39 Å². The molecule has 0 N–H and O–H groups in total. The Labute approximate surface area is 126 Å². The molecule has 0 aliphatic rings. The highest BCUT2D eigenvalue weighted by Gasteiger charge is 2.10. The topological polar surface area (TPSA) is 43.6 Å². The van der Waals surface area contributed by atoms with E-state index in [1.165, 1.54) is 6.07 Å². The van der Waals surface area contributed by atoms with Crippen molar-refractivity contribution in [3.8, 4) is 22.6 Å². The van der Waals surface area contributed by atoms with Crippen LogP contribution in [-0.4, -0.2) is 19.7 Å². The molecule has 6 heteroatoms. The average molecular weight is 303 g/mol. The van der Waals surface area contributed by atoms with Gasteiger partial charge in [0.2, 0.25) is 0 Å². The summed E-state index contributed by atoms with van der Waals surface area (Å²) in [4.78, 5) is 8.70. The quantitative estimate of drug-likeness (QED) is 0.679. The van der Waals surface area contributed by atoms with Crippen molar-refractivity contribution in [2.45, 2.75) is 6.92 Å². The summed E-state index contributed by atoms with van der Waals surface area (Å²) >= 11 is 6.08. The minimum Gasteiger partial charge on any atom is -0.275 e. The Hall–Kier alpha value is -2.27. The fraction of sp³-hybridized carbons (Fsp3) is 0.133. The van der Waals surface area contributed by atoms with Crippen LogP contribution in [0.2, 0.25) is 5.15 Å². The van der Waals surface area contributed by atoms with Gasteiger partial charge < -0.3 is 0 Å². The van der Waals surface area contributed by atoms with Crippen molar-refractivity contribution < 1.29 is 4.39 Å². The van der Waals surface area contributed by atoms with Gasteiger partial charge in [-0.15, -0.1) is 0 Å². The smallest absolute Gasteiger partial charge is 0.161 e. The fourth-order valence-corrected chi connectivity index (χ4v) is 2.22. The molecule has 0 aliphatic carbocycles. The zero-order valence-corrected chi connectivity index (χ0v) is 12.3. The summed E-state index contributed by atoms with van der Waals surface area (Å²) in [5, 5.41) is 4.45. The first-order chi connectivity index (χ1) is 10.0. The number of halogens is 2. The van der Waals surface area contributed by atoms with Crippen LogP contribution in [0.3, 0.4) is 0 Å². The van der Waals surface area contributed by atoms with Gasteiger partial charge in [0, 0.05) is 30.4 Å². The van der Waals surface area contributed by atoms with Crippen LogP contribution in [0.15, 0.2) is 36.7 Å². The van der Waals surface area contributed by atoms with Gasteiger partial charge in [-0.1, -0.05) is 11.6 Å². The van der Waals surface area contributed by atoms with Gasteiger partial charge >= 0.3 is 0 Å². The summed E-state index contributed by atoms with van der Waals surface area (Å²) in [6.45, 7) is 1.70. The number of nitrogens with zero attached hydrogens (tertiary/aromatic N) is 4. The maximum absolute atomic E-state index is 13.4. The first-order valence-electron chi connectivity index (χ1n) is 6.33. The van der Waals surface area contributed by atoms with E-state index in [0.717, 1.165) is 11.1 Å². The van der Waals surface area contributed by atoms with Crippen molar-refractivity contribution in [2.75, 3.05) is 0 Å². The van der Waals surface area contributed by atoms with E-state index < -0.39 is 0 Å². The van der Waals surface area contributed by atoms with E-state index in [1.807, 2.05) is 13.2 Å². The van der Waals surface area contributed by atoms with E-state index >= 15 is 0 Å². The van der Waals surface area contributed by atoms with Crippen LogP contribution in [0.4, 0.5) is 4.39 Å². The van der Waals surface area contributed by atoms with Crippen molar-refractivity contribution in [3.63, 3.8) is 0 Å². The average Bonchev–Trinajstić information content (AvgIpc) is 2.88. The lowest BCUT2D eigenvalue weighted by Gasteiger charge is -2.05.